The van der Waals surface area contributed by atoms with Gasteiger partial charge in [-0.25, -0.2) is 4.68 Å². The molecule has 2 aromatic rings. The molecular weight excluding hydrogens is 375 g/mol. The molecule has 0 bridgehead atoms. The molecule has 0 fully saturated rings. The van der Waals surface area contributed by atoms with Crippen molar-refractivity contribution in [2.75, 3.05) is 0 Å². The molecule has 5 nitrogen and oxygen atoms in total. The van der Waals surface area contributed by atoms with Crippen LogP contribution in [-0.4, -0.2) is 25.5 Å². The normalized spacial score (nSPS) is 10.5. The molecule has 0 saturated heterocycles. The molecule has 0 saturated carbocycles. The van der Waals surface area contributed by atoms with Crippen LogP contribution in [0.3, 0.4) is 0 Å². The van der Waals surface area contributed by atoms with E-state index in [-0.39, 0.29) is 12.5 Å². The van der Waals surface area contributed by atoms with Gasteiger partial charge in [-0.3, -0.25) is 9.48 Å². The molecule has 2 heterocycles. The Kier molecular flexibility index (Phi) is 3.19. The van der Waals surface area contributed by atoms with E-state index in [2.05, 4.69) is 48.7 Å². The smallest absolute Gasteiger partial charge is 0.268 e. The molecular formula is C8H6BrIN4O. The number of hydrogen-bond acceptors (Lipinski definition) is 3. The van der Waals surface area contributed by atoms with Gasteiger partial charge in [0.2, 0.25) is 0 Å². The predicted molar refractivity (Wildman–Crippen MR) is 65.5 cm³/mol. The van der Waals surface area contributed by atoms with E-state index in [4.69, 9.17) is 0 Å². The van der Waals surface area contributed by atoms with E-state index in [1.165, 1.54) is 4.68 Å². The van der Waals surface area contributed by atoms with Crippen LogP contribution in [0.1, 0.15) is 4.79 Å². The van der Waals surface area contributed by atoms with Crippen LogP contribution in [0.5, 0.6) is 0 Å². The largest absolute Gasteiger partial charge is 0.270 e. The van der Waals surface area contributed by atoms with E-state index in [1.807, 2.05) is 0 Å². The fourth-order valence-corrected chi connectivity index (χ4v) is 1.80. The molecule has 15 heavy (non-hydrogen) atoms. The molecule has 0 N–H and O–H groups in total. The Morgan fingerprint density at radius 1 is 1.40 bits per heavy atom. The molecule has 0 unspecified atom stereocenters. The van der Waals surface area contributed by atoms with Crippen LogP contribution in [0.15, 0.2) is 29.3 Å². The van der Waals surface area contributed by atoms with Gasteiger partial charge >= 0.3 is 0 Å². The van der Waals surface area contributed by atoms with Crippen LogP contribution in [-0.2, 0) is 6.54 Å². The summed E-state index contributed by atoms with van der Waals surface area (Å²) in [5.41, 5.74) is 0. The van der Waals surface area contributed by atoms with Crippen LogP contribution >= 0.6 is 38.5 Å². The van der Waals surface area contributed by atoms with E-state index in [1.54, 1.807) is 29.5 Å². The Bertz CT molecular complexity index is 492. The number of nitrogens with zero attached hydrogens (tertiary/aromatic N) is 4. The number of aromatic nitrogens is 4. The highest BCUT2D eigenvalue weighted by Gasteiger charge is 2.07. The molecule has 2 rings (SSSR count). The van der Waals surface area contributed by atoms with Crippen LogP contribution in [0.25, 0.3) is 0 Å². The summed E-state index contributed by atoms with van der Waals surface area (Å²) in [6.07, 6.45) is 6.70. The Balaban J connectivity index is 2.10. The zero-order valence-corrected chi connectivity index (χ0v) is 11.2. The van der Waals surface area contributed by atoms with Gasteiger partial charge in [0.15, 0.2) is 0 Å². The summed E-state index contributed by atoms with van der Waals surface area (Å²) >= 11 is 5.37. The maximum atomic E-state index is 11.7. The van der Waals surface area contributed by atoms with Gasteiger partial charge in [-0.1, -0.05) is 0 Å². The monoisotopic (exact) mass is 380 g/mol. The topological polar surface area (TPSA) is 52.7 Å². The molecule has 0 aromatic carbocycles. The van der Waals surface area contributed by atoms with Gasteiger partial charge in [0.1, 0.15) is 6.54 Å². The molecule has 2 aromatic heterocycles. The van der Waals surface area contributed by atoms with Crippen molar-refractivity contribution < 1.29 is 4.79 Å². The fraction of sp³-hybridized carbons (Fsp3) is 0.125. The van der Waals surface area contributed by atoms with Crippen molar-refractivity contribution in [2.45, 2.75) is 6.54 Å². The minimum Gasteiger partial charge on any atom is -0.270 e. The molecule has 0 spiro atoms. The molecule has 78 valence electrons. The minimum atomic E-state index is -0.125. The SMILES string of the molecule is O=C(Cn1cc(I)cn1)n1cc(Br)cn1. The highest BCUT2D eigenvalue weighted by atomic mass is 127. The second kappa shape index (κ2) is 4.44. The minimum absolute atomic E-state index is 0.125. The van der Waals surface area contributed by atoms with E-state index in [0.717, 1.165) is 8.04 Å². The maximum Gasteiger partial charge on any atom is 0.268 e. The lowest BCUT2D eigenvalue weighted by atomic mass is 10.6. The van der Waals surface area contributed by atoms with Gasteiger partial charge in [-0.05, 0) is 38.5 Å². The van der Waals surface area contributed by atoms with Crippen molar-refractivity contribution in [1.29, 1.82) is 0 Å². The maximum absolute atomic E-state index is 11.7. The molecule has 0 aliphatic carbocycles. The lowest BCUT2D eigenvalue weighted by Crippen LogP contribution is -2.18. The molecule has 0 aliphatic rings. The summed E-state index contributed by atoms with van der Waals surface area (Å²) < 4.78 is 4.66. The highest BCUT2D eigenvalue weighted by molar-refractivity contribution is 14.1. The van der Waals surface area contributed by atoms with Crippen LogP contribution in [0.4, 0.5) is 0 Å². The van der Waals surface area contributed by atoms with Gasteiger partial charge in [0.25, 0.3) is 5.91 Å². The Morgan fingerprint density at radius 3 is 2.73 bits per heavy atom. The average molecular weight is 381 g/mol. The second-order valence-electron chi connectivity index (χ2n) is 2.85. The van der Waals surface area contributed by atoms with Crippen molar-refractivity contribution in [3.05, 3.63) is 32.8 Å². The first-order chi connectivity index (χ1) is 7.15. The van der Waals surface area contributed by atoms with E-state index in [9.17, 15) is 4.79 Å². The summed E-state index contributed by atoms with van der Waals surface area (Å²) in [6, 6.07) is 0. The zero-order chi connectivity index (χ0) is 10.8. The van der Waals surface area contributed by atoms with Crippen LogP contribution in [0.2, 0.25) is 0 Å². The van der Waals surface area contributed by atoms with Crippen LogP contribution in [0, 0.1) is 3.57 Å². The molecule has 7 heteroatoms. The van der Waals surface area contributed by atoms with Gasteiger partial charge in [0, 0.05) is 12.4 Å². The molecule has 0 aliphatic heterocycles. The van der Waals surface area contributed by atoms with E-state index >= 15 is 0 Å². The van der Waals surface area contributed by atoms with Crippen LogP contribution < -0.4 is 0 Å². The number of carbonyl (C=O) groups is 1. The Hall–Kier alpha value is -0.700. The van der Waals surface area contributed by atoms with Gasteiger partial charge < -0.3 is 0 Å². The van der Waals surface area contributed by atoms with Gasteiger partial charge in [0.05, 0.1) is 20.4 Å². The third-order valence-corrected chi connectivity index (χ3v) is 2.67. The molecule has 0 radical (unpaired) electrons. The number of hydrogen-bond donors (Lipinski definition) is 0. The third-order valence-electron chi connectivity index (χ3n) is 1.71. The van der Waals surface area contributed by atoms with E-state index < -0.39 is 0 Å². The summed E-state index contributed by atoms with van der Waals surface area (Å²) in [6.45, 7) is 0.192. The van der Waals surface area contributed by atoms with Crippen molar-refractivity contribution in [3.63, 3.8) is 0 Å². The Labute approximate surface area is 108 Å². The zero-order valence-electron chi connectivity index (χ0n) is 7.47. The Morgan fingerprint density at radius 2 is 2.20 bits per heavy atom. The average Bonchev–Trinajstić information content (AvgIpc) is 2.75. The standard InChI is InChI=1S/C8H6BrIN4O/c9-6-1-12-14(3-6)8(15)5-13-4-7(10)2-11-13/h1-4H,5H2. The van der Waals surface area contributed by atoms with Gasteiger partial charge in [-0.2, -0.15) is 10.2 Å². The number of rotatable bonds is 2. The number of carbonyl (C=O) groups excluding carboxylic acids is 1. The number of halogens is 2. The van der Waals surface area contributed by atoms with Crippen molar-refractivity contribution in [3.8, 4) is 0 Å². The first-order valence-electron chi connectivity index (χ1n) is 4.06. The molecule has 0 amide bonds. The van der Waals surface area contributed by atoms with E-state index in [0.29, 0.717) is 0 Å². The summed E-state index contributed by atoms with van der Waals surface area (Å²) in [7, 11) is 0. The van der Waals surface area contributed by atoms with Crippen molar-refractivity contribution in [2.24, 2.45) is 0 Å². The van der Waals surface area contributed by atoms with Crippen molar-refractivity contribution in [1.82, 2.24) is 19.6 Å². The summed E-state index contributed by atoms with van der Waals surface area (Å²) in [5, 5.41) is 7.92. The summed E-state index contributed by atoms with van der Waals surface area (Å²) in [4.78, 5) is 11.7. The highest BCUT2D eigenvalue weighted by Crippen LogP contribution is 2.06. The summed E-state index contributed by atoms with van der Waals surface area (Å²) in [5.74, 6) is -0.125. The quantitative estimate of drug-likeness (QED) is 0.746. The lowest BCUT2D eigenvalue weighted by Gasteiger charge is -1.99. The first kappa shape index (κ1) is 10.8. The fourth-order valence-electron chi connectivity index (χ4n) is 1.07. The predicted octanol–water partition coefficient (Wildman–Crippen LogP) is 1.79. The van der Waals surface area contributed by atoms with Gasteiger partial charge in [-0.15, -0.1) is 0 Å². The first-order valence-corrected chi connectivity index (χ1v) is 5.93. The third kappa shape index (κ3) is 2.65. The van der Waals surface area contributed by atoms with Crippen molar-refractivity contribution >= 4 is 44.4 Å². The second-order valence-corrected chi connectivity index (χ2v) is 5.01. The molecule has 0 atom stereocenters. The lowest BCUT2D eigenvalue weighted by molar-refractivity contribution is 0.0870.